The SMILES string of the molecule is O=[N+]([O-])C(F)(F)C(O)(c1ccccc1)C(F)(F)F. The van der Waals surface area contributed by atoms with Gasteiger partial charge in [-0.2, -0.15) is 13.2 Å². The van der Waals surface area contributed by atoms with Crippen LogP contribution in [-0.4, -0.2) is 22.3 Å². The van der Waals surface area contributed by atoms with Crippen molar-refractivity contribution in [2.75, 3.05) is 0 Å². The summed E-state index contributed by atoms with van der Waals surface area (Å²) in [4.78, 5) is 7.62. The first-order valence-corrected chi connectivity index (χ1v) is 4.42. The largest absolute Gasteiger partial charge is 0.553 e. The van der Waals surface area contributed by atoms with E-state index < -0.39 is 28.3 Å². The number of hydrogen-bond acceptors (Lipinski definition) is 3. The monoisotopic (exact) mass is 271 g/mol. The molecule has 0 saturated heterocycles. The van der Waals surface area contributed by atoms with Gasteiger partial charge < -0.3 is 5.11 Å². The Hall–Kier alpha value is -1.77. The topological polar surface area (TPSA) is 63.4 Å². The standard InChI is InChI=1S/C9H6F5NO3/c10-8(11,12)7(16,9(13,14)15(17)18)6-4-2-1-3-5-6/h1-5,16H. The fourth-order valence-electron chi connectivity index (χ4n) is 1.32. The molecule has 1 atom stereocenters. The molecule has 0 aliphatic heterocycles. The molecule has 100 valence electrons. The predicted molar refractivity (Wildman–Crippen MR) is 48.3 cm³/mol. The molecule has 0 radical (unpaired) electrons. The summed E-state index contributed by atoms with van der Waals surface area (Å²) >= 11 is 0. The highest BCUT2D eigenvalue weighted by atomic mass is 19.4. The second-order valence-corrected chi connectivity index (χ2v) is 3.37. The number of aliphatic hydroxyl groups is 1. The molecule has 4 nitrogen and oxygen atoms in total. The van der Waals surface area contributed by atoms with Crippen LogP contribution < -0.4 is 0 Å². The molecule has 1 rings (SSSR count). The quantitative estimate of drug-likeness (QED) is 0.397. The average Bonchev–Trinajstić information content (AvgIpc) is 2.27. The van der Waals surface area contributed by atoms with Crippen molar-refractivity contribution in [2.24, 2.45) is 0 Å². The third-order valence-corrected chi connectivity index (χ3v) is 2.27. The first-order valence-electron chi connectivity index (χ1n) is 4.42. The Labute approximate surface area is 96.8 Å². The minimum absolute atomic E-state index is 0.533. The molecular weight excluding hydrogens is 265 g/mol. The maximum absolute atomic E-state index is 13.1. The first kappa shape index (κ1) is 14.3. The van der Waals surface area contributed by atoms with E-state index in [2.05, 4.69) is 0 Å². The molecule has 0 bridgehead atoms. The Kier molecular flexibility index (Phi) is 3.30. The second-order valence-electron chi connectivity index (χ2n) is 3.37. The van der Waals surface area contributed by atoms with Crippen molar-refractivity contribution in [3.8, 4) is 0 Å². The highest BCUT2D eigenvalue weighted by molar-refractivity contribution is 5.26. The number of alkyl halides is 5. The maximum Gasteiger partial charge on any atom is 0.553 e. The Morgan fingerprint density at radius 3 is 1.83 bits per heavy atom. The molecule has 0 heterocycles. The van der Waals surface area contributed by atoms with Gasteiger partial charge in [0.2, 0.25) is 0 Å². The molecule has 1 aromatic carbocycles. The molecule has 0 aliphatic carbocycles. The Morgan fingerprint density at radius 2 is 1.50 bits per heavy atom. The molecule has 9 heteroatoms. The van der Waals surface area contributed by atoms with E-state index in [1.807, 2.05) is 0 Å². The minimum Gasteiger partial charge on any atom is -0.366 e. The van der Waals surface area contributed by atoms with E-state index in [1.54, 1.807) is 0 Å². The van der Waals surface area contributed by atoms with E-state index in [0.29, 0.717) is 12.1 Å². The second kappa shape index (κ2) is 4.16. The van der Waals surface area contributed by atoms with Crippen LogP contribution in [0.5, 0.6) is 0 Å². The number of nitro groups is 1. The van der Waals surface area contributed by atoms with Crippen molar-refractivity contribution in [2.45, 2.75) is 17.8 Å². The van der Waals surface area contributed by atoms with Gasteiger partial charge in [0.05, 0.1) is 4.92 Å². The zero-order valence-electron chi connectivity index (χ0n) is 8.49. The van der Waals surface area contributed by atoms with Gasteiger partial charge >= 0.3 is 17.8 Å². The molecule has 1 aromatic rings. The normalized spacial score (nSPS) is 16.1. The number of halogens is 5. The fourth-order valence-corrected chi connectivity index (χ4v) is 1.32. The van der Waals surface area contributed by atoms with Crippen LogP contribution in [-0.2, 0) is 5.60 Å². The van der Waals surface area contributed by atoms with Gasteiger partial charge in [0.25, 0.3) is 0 Å². The molecule has 0 aromatic heterocycles. The van der Waals surface area contributed by atoms with Crippen LogP contribution in [0.15, 0.2) is 30.3 Å². The van der Waals surface area contributed by atoms with Gasteiger partial charge in [-0.3, -0.25) is 10.1 Å². The van der Waals surface area contributed by atoms with Crippen molar-refractivity contribution in [3.63, 3.8) is 0 Å². The van der Waals surface area contributed by atoms with Crippen LogP contribution in [0, 0.1) is 10.1 Å². The van der Waals surface area contributed by atoms with E-state index in [4.69, 9.17) is 0 Å². The fraction of sp³-hybridized carbons (Fsp3) is 0.333. The lowest BCUT2D eigenvalue weighted by Gasteiger charge is -2.31. The third-order valence-electron chi connectivity index (χ3n) is 2.27. The van der Waals surface area contributed by atoms with Gasteiger partial charge in [-0.1, -0.05) is 30.3 Å². The molecule has 1 N–H and O–H groups in total. The predicted octanol–water partition coefficient (Wildman–Crippen LogP) is 2.31. The molecule has 0 fully saturated rings. The number of hydrogen-bond donors (Lipinski definition) is 1. The van der Waals surface area contributed by atoms with E-state index in [0.717, 1.165) is 12.1 Å². The molecule has 0 saturated carbocycles. The highest BCUT2D eigenvalue weighted by Gasteiger charge is 2.78. The highest BCUT2D eigenvalue weighted by Crippen LogP contribution is 2.49. The van der Waals surface area contributed by atoms with E-state index >= 15 is 0 Å². The number of nitrogens with zero attached hydrogens (tertiary/aromatic N) is 1. The molecule has 0 amide bonds. The van der Waals surface area contributed by atoms with Gasteiger partial charge in [-0.15, -0.1) is 8.78 Å². The smallest absolute Gasteiger partial charge is 0.366 e. The van der Waals surface area contributed by atoms with Crippen LogP contribution in [0.25, 0.3) is 0 Å². The first-order chi connectivity index (χ1) is 8.05. The zero-order chi connectivity index (χ0) is 14.2. The van der Waals surface area contributed by atoms with Gasteiger partial charge in [-0.25, -0.2) is 0 Å². The van der Waals surface area contributed by atoms with Crippen molar-refractivity contribution in [1.29, 1.82) is 0 Å². The molecule has 0 spiro atoms. The van der Waals surface area contributed by atoms with Crippen LogP contribution in [0.1, 0.15) is 5.56 Å². The van der Waals surface area contributed by atoms with Crippen molar-refractivity contribution < 1.29 is 32.0 Å². The van der Waals surface area contributed by atoms with Gasteiger partial charge in [0, 0.05) is 5.56 Å². The maximum atomic E-state index is 13.1. The van der Waals surface area contributed by atoms with Crippen LogP contribution in [0.3, 0.4) is 0 Å². The zero-order valence-corrected chi connectivity index (χ0v) is 8.49. The van der Waals surface area contributed by atoms with Crippen molar-refractivity contribution in [1.82, 2.24) is 0 Å². The van der Waals surface area contributed by atoms with E-state index in [1.165, 1.54) is 6.07 Å². The number of rotatable bonds is 3. The van der Waals surface area contributed by atoms with Gasteiger partial charge in [-0.05, 0) is 0 Å². The summed E-state index contributed by atoms with van der Waals surface area (Å²) in [6.45, 7) is 0. The summed E-state index contributed by atoms with van der Waals surface area (Å²) in [5.41, 5.74) is -6.19. The average molecular weight is 271 g/mol. The lowest BCUT2D eigenvalue weighted by molar-refractivity contribution is -0.685. The van der Waals surface area contributed by atoms with E-state index in [9.17, 15) is 37.2 Å². The minimum atomic E-state index is -5.91. The van der Waals surface area contributed by atoms with Crippen LogP contribution in [0.4, 0.5) is 22.0 Å². The summed E-state index contributed by atoms with van der Waals surface area (Å²) in [5, 5.41) is 19.3. The summed E-state index contributed by atoms with van der Waals surface area (Å²) in [6.07, 6.45) is -5.91. The molecule has 1 unspecified atom stereocenters. The van der Waals surface area contributed by atoms with Gasteiger partial charge in [0.1, 0.15) is 0 Å². The van der Waals surface area contributed by atoms with Crippen molar-refractivity contribution >= 4 is 0 Å². The Morgan fingerprint density at radius 1 is 1.06 bits per heavy atom. The lowest BCUT2D eigenvalue weighted by Crippen LogP contribution is -2.59. The Bertz CT molecular complexity index is 447. The summed E-state index contributed by atoms with van der Waals surface area (Å²) in [5.74, 6) is 0. The summed E-state index contributed by atoms with van der Waals surface area (Å²) in [6, 6.07) is -1.43. The Balaban J connectivity index is 3.53. The van der Waals surface area contributed by atoms with Crippen molar-refractivity contribution in [3.05, 3.63) is 46.0 Å². The van der Waals surface area contributed by atoms with Crippen LogP contribution in [0.2, 0.25) is 0 Å². The van der Waals surface area contributed by atoms with Crippen LogP contribution >= 0.6 is 0 Å². The molecule has 0 aliphatic rings. The number of benzene rings is 1. The molecular formula is C9H6F5NO3. The third kappa shape index (κ3) is 1.90. The summed E-state index contributed by atoms with van der Waals surface area (Å²) in [7, 11) is 0. The van der Waals surface area contributed by atoms with Gasteiger partial charge in [0.15, 0.2) is 0 Å². The summed E-state index contributed by atoms with van der Waals surface area (Å²) < 4.78 is 64.0. The lowest BCUT2D eigenvalue weighted by atomic mass is 9.90. The van der Waals surface area contributed by atoms with E-state index in [-0.39, 0.29) is 0 Å². The molecule has 18 heavy (non-hydrogen) atoms.